The molecule has 0 spiro atoms. The van der Waals surface area contributed by atoms with Gasteiger partial charge in [-0.3, -0.25) is 10.1 Å². The Morgan fingerprint density at radius 1 is 1.62 bits per heavy atom. The highest BCUT2D eigenvalue weighted by atomic mass is 35.5. The van der Waals surface area contributed by atoms with Crippen LogP contribution in [0.5, 0.6) is 5.88 Å². The Labute approximate surface area is 98.5 Å². The summed E-state index contributed by atoms with van der Waals surface area (Å²) in [5.74, 6) is 0.335. The Morgan fingerprint density at radius 2 is 2.31 bits per heavy atom. The second-order valence-electron chi connectivity index (χ2n) is 3.34. The lowest BCUT2D eigenvalue weighted by atomic mass is 10.3. The molecule has 0 fully saturated rings. The number of unbranched alkanes of at least 4 members (excludes halogenated alkanes) is 1. The van der Waals surface area contributed by atoms with Gasteiger partial charge >= 0.3 is 5.69 Å². The van der Waals surface area contributed by atoms with Crippen molar-refractivity contribution in [1.29, 1.82) is 0 Å². The van der Waals surface area contributed by atoms with E-state index in [9.17, 15) is 10.1 Å². The quantitative estimate of drug-likeness (QED) is 0.453. The molecule has 0 radical (unpaired) electrons. The van der Waals surface area contributed by atoms with E-state index in [0.29, 0.717) is 12.5 Å². The number of pyridine rings is 1. The third kappa shape index (κ3) is 3.06. The lowest BCUT2D eigenvalue weighted by Crippen LogP contribution is -2.02. The Kier molecular flexibility index (Phi) is 4.49. The first-order chi connectivity index (χ1) is 7.56. The minimum absolute atomic E-state index is 0.0593. The molecule has 0 N–H and O–H groups in total. The average Bonchev–Trinajstić information content (AvgIpc) is 2.16. The summed E-state index contributed by atoms with van der Waals surface area (Å²) >= 11 is 5.78. The van der Waals surface area contributed by atoms with E-state index in [4.69, 9.17) is 16.3 Å². The summed E-state index contributed by atoms with van der Waals surface area (Å²) in [6.07, 6.45) is 1.93. The fourth-order valence-electron chi connectivity index (χ4n) is 1.21. The summed E-state index contributed by atoms with van der Waals surface area (Å²) in [6, 6.07) is 1.38. The van der Waals surface area contributed by atoms with Gasteiger partial charge in [0.25, 0.3) is 0 Å². The molecule has 1 rings (SSSR count). The van der Waals surface area contributed by atoms with E-state index in [2.05, 4.69) is 4.98 Å². The summed E-state index contributed by atoms with van der Waals surface area (Å²) in [5, 5.41) is 10.7. The van der Waals surface area contributed by atoms with Crippen molar-refractivity contribution in [3.8, 4) is 5.88 Å². The van der Waals surface area contributed by atoms with Crippen molar-refractivity contribution in [3.63, 3.8) is 0 Å². The van der Waals surface area contributed by atoms with Gasteiger partial charge in [0.05, 0.1) is 11.5 Å². The summed E-state index contributed by atoms with van der Waals surface area (Å²) in [4.78, 5) is 14.1. The monoisotopic (exact) mass is 244 g/mol. The van der Waals surface area contributed by atoms with E-state index < -0.39 is 4.92 Å². The van der Waals surface area contributed by atoms with Crippen LogP contribution in [0, 0.1) is 17.0 Å². The molecular weight excluding hydrogens is 232 g/mol. The van der Waals surface area contributed by atoms with Gasteiger partial charge in [-0.2, -0.15) is 0 Å². The summed E-state index contributed by atoms with van der Waals surface area (Å²) in [5.41, 5.74) is 0.105. The van der Waals surface area contributed by atoms with Gasteiger partial charge in [-0.05, 0) is 13.3 Å². The highest BCUT2D eigenvalue weighted by molar-refractivity contribution is 6.32. The number of hydrogen-bond donors (Lipinski definition) is 0. The first-order valence-electron chi connectivity index (χ1n) is 5.00. The molecule has 0 unspecified atom stereocenters. The molecule has 0 saturated heterocycles. The average molecular weight is 245 g/mol. The zero-order valence-corrected chi connectivity index (χ0v) is 9.95. The predicted molar refractivity (Wildman–Crippen MR) is 61.0 cm³/mol. The van der Waals surface area contributed by atoms with Crippen molar-refractivity contribution in [1.82, 2.24) is 4.98 Å². The summed E-state index contributed by atoms with van der Waals surface area (Å²) in [7, 11) is 0. The zero-order valence-electron chi connectivity index (χ0n) is 9.20. The third-order valence-corrected chi connectivity index (χ3v) is 2.32. The van der Waals surface area contributed by atoms with Crippen molar-refractivity contribution in [2.24, 2.45) is 0 Å². The van der Waals surface area contributed by atoms with Crippen LogP contribution in [0.4, 0.5) is 5.69 Å². The Balaban J connectivity index is 2.87. The largest absolute Gasteiger partial charge is 0.478 e. The van der Waals surface area contributed by atoms with Crippen LogP contribution < -0.4 is 4.74 Å². The van der Waals surface area contributed by atoms with Crippen LogP contribution in [-0.2, 0) is 0 Å². The number of rotatable bonds is 5. The first kappa shape index (κ1) is 12.7. The molecule has 1 aromatic rings. The van der Waals surface area contributed by atoms with Gasteiger partial charge in [0.2, 0.25) is 5.88 Å². The summed E-state index contributed by atoms with van der Waals surface area (Å²) < 4.78 is 5.32. The van der Waals surface area contributed by atoms with E-state index in [1.54, 1.807) is 0 Å². The van der Waals surface area contributed by atoms with E-state index in [1.165, 1.54) is 13.0 Å². The van der Waals surface area contributed by atoms with E-state index in [1.807, 2.05) is 6.92 Å². The molecule has 1 aromatic heterocycles. The summed E-state index contributed by atoms with van der Waals surface area (Å²) in [6.45, 7) is 4.12. The van der Waals surface area contributed by atoms with E-state index in [-0.39, 0.29) is 16.4 Å². The molecule has 0 aliphatic carbocycles. The van der Waals surface area contributed by atoms with Crippen molar-refractivity contribution >= 4 is 17.3 Å². The number of nitro groups is 1. The molecule has 16 heavy (non-hydrogen) atoms. The number of hydrogen-bond acceptors (Lipinski definition) is 4. The minimum Gasteiger partial charge on any atom is -0.478 e. The Hall–Kier alpha value is -1.36. The molecule has 0 aromatic carbocycles. The van der Waals surface area contributed by atoms with Crippen molar-refractivity contribution in [2.75, 3.05) is 6.61 Å². The SMILES string of the molecule is CCCCOc1cc(Cl)c([N+](=O)[O-])c(C)n1. The van der Waals surface area contributed by atoms with Gasteiger partial charge in [-0.1, -0.05) is 24.9 Å². The van der Waals surface area contributed by atoms with Crippen molar-refractivity contribution in [2.45, 2.75) is 26.7 Å². The molecule has 0 aliphatic rings. The lowest BCUT2D eigenvalue weighted by molar-refractivity contribution is -0.385. The molecule has 88 valence electrons. The van der Waals surface area contributed by atoms with Gasteiger partial charge in [0.15, 0.2) is 0 Å². The molecule has 1 heterocycles. The van der Waals surface area contributed by atoms with E-state index >= 15 is 0 Å². The molecule has 6 heteroatoms. The van der Waals surface area contributed by atoms with Gasteiger partial charge < -0.3 is 4.74 Å². The van der Waals surface area contributed by atoms with Crippen LogP contribution in [-0.4, -0.2) is 16.5 Å². The Morgan fingerprint density at radius 3 is 2.81 bits per heavy atom. The van der Waals surface area contributed by atoms with Gasteiger partial charge in [-0.15, -0.1) is 0 Å². The number of aryl methyl sites for hydroxylation is 1. The molecule has 0 aliphatic heterocycles. The second kappa shape index (κ2) is 5.65. The van der Waals surface area contributed by atoms with Crippen LogP contribution in [0.25, 0.3) is 0 Å². The predicted octanol–water partition coefficient (Wildman–Crippen LogP) is 3.13. The fraction of sp³-hybridized carbons (Fsp3) is 0.500. The van der Waals surface area contributed by atoms with Crippen LogP contribution in [0.3, 0.4) is 0 Å². The number of nitrogens with zero attached hydrogens (tertiary/aromatic N) is 2. The minimum atomic E-state index is -0.541. The Bertz CT molecular complexity index is 373. The topological polar surface area (TPSA) is 65.3 Å². The van der Waals surface area contributed by atoms with Crippen LogP contribution in [0.2, 0.25) is 5.02 Å². The maximum Gasteiger partial charge on any atom is 0.309 e. The van der Waals surface area contributed by atoms with Crippen LogP contribution >= 0.6 is 11.6 Å². The molecule has 0 amide bonds. The number of halogens is 1. The van der Waals surface area contributed by atoms with Gasteiger partial charge in [0.1, 0.15) is 10.7 Å². The fourth-order valence-corrected chi connectivity index (χ4v) is 1.51. The molecule has 0 bridgehead atoms. The van der Waals surface area contributed by atoms with Crippen LogP contribution in [0.15, 0.2) is 6.07 Å². The highest BCUT2D eigenvalue weighted by Crippen LogP contribution is 2.29. The normalized spacial score (nSPS) is 10.2. The van der Waals surface area contributed by atoms with E-state index in [0.717, 1.165) is 12.8 Å². The number of aromatic nitrogens is 1. The lowest BCUT2D eigenvalue weighted by Gasteiger charge is -2.06. The van der Waals surface area contributed by atoms with Crippen molar-refractivity contribution < 1.29 is 9.66 Å². The molecular formula is C10H13ClN2O3. The zero-order chi connectivity index (χ0) is 12.1. The maximum atomic E-state index is 10.7. The number of ether oxygens (including phenoxy) is 1. The third-order valence-electron chi connectivity index (χ3n) is 2.03. The van der Waals surface area contributed by atoms with Gasteiger partial charge in [0, 0.05) is 6.07 Å². The standard InChI is InChI=1S/C10H13ClN2O3/c1-3-4-5-16-9-6-8(11)10(13(14)15)7(2)12-9/h6H,3-5H2,1-2H3. The first-order valence-corrected chi connectivity index (χ1v) is 5.38. The van der Waals surface area contributed by atoms with Gasteiger partial charge in [-0.25, -0.2) is 4.98 Å². The molecule has 0 atom stereocenters. The second-order valence-corrected chi connectivity index (χ2v) is 3.74. The maximum absolute atomic E-state index is 10.7. The smallest absolute Gasteiger partial charge is 0.309 e. The van der Waals surface area contributed by atoms with Crippen molar-refractivity contribution in [3.05, 3.63) is 26.9 Å². The highest BCUT2D eigenvalue weighted by Gasteiger charge is 2.19. The molecule has 5 nitrogen and oxygen atoms in total. The molecule has 0 saturated carbocycles. The van der Waals surface area contributed by atoms with Crippen LogP contribution in [0.1, 0.15) is 25.5 Å².